The van der Waals surface area contributed by atoms with E-state index in [0.29, 0.717) is 17.3 Å². The zero-order valence-corrected chi connectivity index (χ0v) is 18.8. The number of imide groups is 1. The highest BCUT2D eigenvalue weighted by Gasteiger charge is 2.36. The van der Waals surface area contributed by atoms with Gasteiger partial charge in [0.15, 0.2) is 11.5 Å². The summed E-state index contributed by atoms with van der Waals surface area (Å²) in [6.07, 6.45) is 1.09. The van der Waals surface area contributed by atoms with E-state index in [1.807, 2.05) is 0 Å². The largest absolute Gasteiger partial charge is 0.493 e. The summed E-state index contributed by atoms with van der Waals surface area (Å²) < 4.78 is 28.9. The van der Waals surface area contributed by atoms with Crippen molar-refractivity contribution < 1.29 is 37.8 Å². The molecule has 1 saturated heterocycles. The van der Waals surface area contributed by atoms with Crippen LogP contribution in [0.1, 0.15) is 29.8 Å². The standard InChI is InChI=1S/C23H20FNO7S/c1-13(2)31-20(26)12-25-21(27)19(33-23(25)29)10-14-7-8-17(18(9-14)30-3)32-22(28)15-5-4-6-16(24)11-15/h4-11,13H,12H2,1-3H3/b19-10-. The maximum absolute atomic E-state index is 13.3. The van der Waals surface area contributed by atoms with Crippen LogP contribution in [0.2, 0.25) is 0 Å². The molecule has 0 unspecified atom stereocenters. The molecule has 1 aliphatic rings. The third-order valence-corrected chi connectivity index (χ3v) is 5.18. The molecular formula is C23H20FNO7S. The lowest BCUT2D eigenvalue weighted by atomic mass is 10.1. The number of carbonyl (C=O) groups is 4. The Labute approximate surface area is 193 Å². The molecule has 2 aromatic rings. The zero-order valence-electron chi connectivity index (χ0n) is 18.0. The van der Waals surface area contributed by atoms with E-state index in [1.165, 1.54) is 43.5 Å². The van der Waals surface area contributed by atoms with E-state index in [2.05, 4.69) is 0 Å². The Morgan fingerprint density at radius 3 is 2.55 bits per heavy atom. The SMILES string of the molecule is COc1cc(/C=C2\SC(=O)N(CC(=O)OC(C)C)C2=O)ccc1OC(=O)c1cccc(F)c1. The average molecular weight is 473 g/mol. The molecule has 1 aliphatic heterocycles. The first-order valence-corrected chi connectivity index (χ1v) is 10.6. The van der Waals surface area contributed by atoms with Crippen molar-refractivity contribution >= 4 is 40.9 Å². The van der Waals surface area contributed by atoms with Crippen LogP contribution in [-0.2, 0) is 14.3 Å². The molecule has 0 aromatic heterocycles. The predicted octanol–water partition coefficient (Wildman–Crippen LogP) is 4.04. The molecule has 10 heteroatoms. The van der Waals surface area contributed by atoms with Crippen LogP contribution in [0.25, 0.3) is 6.08 Å². The molecular weight excluding hydrogens is 453 g/mol. The maximum Gasteiger partial charge on any atom is 0.343 e. The second-order valence-corrected chi connectivity index (χ2v) is 8.11. The molecule has 0 aliphatic carbocycles. The topological polar surface area (TPSA) is 99.2 Å². The summed E-state index contributed by atoms with van der Waals surface area (Å²) in [6, 6.07) is 9.58. The van der Waals surface area contributed by atoms with Gasteiger partial charge < -0.3 is 14.2 Å². The first-order valence-electron chi connectivity index (χ1n) is 9.78. The van der Waals surface area contributed by atoms with E-state index in [9.17, 15) is 23.6 Å². The van der Waals surface area contributed by atoms with Crippen molar-refractivity contribution in [3.8, 4) is 11.5 Å². The summed E-state index contributed by atoms with van der Waals surface area (Å²) in [7, 11) is 1.37. The summed E-state index contributed by atoms with van der Waals surface area (Å²) in [5.74, 6) is -2.36. The number of nitrogens with zero attached hydrogens (tertiary/aromatic N) is 1. The van der Waals surface area contributed by atoms with E-state index in [4.69, 9.17) is 14.2 Å². The molecule has 0 bridgehead atoms. The smallest absolute Gasteiger partial charge is 0.343 e. The molecule has 1 fully saturated rings. The Bertz CT molecular complexity index is 1150. The number of hydrogen-bond donors (Lipinski definition) is 0. The van der Waals surface area contributed by atoms with Crippen LogP contribution in [-0.4, -0.2) is 47.7 Å². The minimum absolute atomic E-state index is 0.0331. The molecule has 0 radical (unpaired) electrons. The molecule has 0 saturated carbocycles. The number of thioether (sulfide) groups is 1. The van der Waals surface area contributed by atoms with Crippen LogP contribution < -0.4 is 9.47 Å². The van der Waals surface area contributed by atoms with E-state index in [-0.39, 0.29) is 28.1 Å². The number of esters is 2. The van der Waals surface area contributed by atoms with Crippen molar-refractivity contribution in [2.75, 3.05) is 13.7 Å². The monoisotopic (exact) mass is 473 g/mol. The van der Waals surface area contributed by atoms with Gasteiger partial charge in [-0.25, -0.2) is 9.18 Å². The predicted molar refractivity (Wildman–Crippen MR) is 118 cm³/mol. The van der Waals surface area contributed by atoms with Crippen LogP contribution in [0, 0.1) is 5.82 Å². The van der Waals surface area contributed by atoms with Crippen LogP contribution in [0.5, 0.6) is 11.5 Å². The van der Waals surface area contributed by atoms with Crippen LogP contribution in [0.4, 0.5) is 9.18 Å². The number of benzene rings is 2. The first-order chi connectivity index (χ1) is 15.7. The fraction of sp³-hybridized carbons (Fsp3) is 0.217. The molecule has 2 aromatic carbocycles. The molecule has 172 valence electrons. The van der Waals surface area contributed by atoms with Gasteiger partial charge in [0, 0.05) is 0 Å². The van der Waals surface area contributed by atoms with Crippen molar-refractivity contribution in [3.63, 3.8) is 0 Å². The van der Waals surface area contributed by atoms with Gasteiger partial charge in [-0.15, -0.1) is 0 Å². The number of halogens is 1. The number of carbonyl (C=O) groups excluding carboxylic acids is 4. The molecule has 0 N–H and O–H groups in total. The Balaban J connectivity index is 1.76. The molecule has 2 amide bonds. The Kier molecular flexibility index (Phi) is 7.49. The van der Waals surface area contributed by atoms with Gasteiger partial charge in [0.05, 0.1) is 23.7 Å². The van der Waals surface area contributed by atoms with Gasteiger partial charge in [0.2, 0.25) is 0 Å². The van der Waals surface area contributed by atoms with Gasteiger partial charge in [0.1, 0.15) is 12.4 Å². The molecule has 0 atom stereocenters. The molecule has 33 heavy (non-hydrogen) atoms. The number of hydrogen-bond acceptors (Lipinski definition) is 8. The summed E-state index contributed by atoms with van der Waals surface area (Å²) >= 11 is 0.693. The Morgan fingerprint density at radius 2 is 1.88 bits per heavy atom. The van der Waals surface area contributed by atoms with Crippen molar-refractivity contribution in [1.82, 2.24) is 4.90 Å². The number of methoxy groups -OCH3 is 1. The summed E-state index contributed by atoms with van der Waals surface area (Å²) in [5, 5.41) is -0.584. The number of amides is 2. The third-order valence-electron chi connectivity index (χ3n) is 4.28. The fourth-order valence-corrected chi connectivity index (χ4v) is 3.69. The van der Waals surface area contributed by atoms with Crippen molar-refractivity contribution in [1.29, 1.82) is 0 Å². The number of ether oxygens (including phenoxy) is 3. The van der Waals surface area contributed by atoms with E-state index < -0.39 is 35.4 Å². The maximum atomic E-state index is 13.3. The third kappa shape index (κ3) is 5.98. The average Bonchev–Trinajstić information content (AvgIpc) is 3.01. The second-order valence-electron chi connectivity index (χ2n) is 7.12. The van der Waals surface area contributed by atoms with Crippen molar-refractivity contribution in [3.05, 3.63) is 64.3 Å². The molecule has 0 spiro atoms. The Hall–Kier alpha value is -3.66. The van der Waals surface area contributed by atoms with E-state index in [1.54, 1.807) is 19.9 Å². The zero-order chi connectivity index (χ0) is 24.1. The lowest BCUT2D eigenvalue weighted by Gasteiger charge is -2.13. The minimum Gasteiger partial charge on any atom is -0.493 e. The second kappa shape index (κ2) is 10.3. The minimum atomic E-state index is -0.769. The van der Waals surface area contributed by atoms with Crippen LogP contribution in [0.3, 0.4) is 0 Å². The van der Waals surface area contributed by atoms with Gasteiger partial charge in [-0.3, -0.25) is 19.3 Å². The fourth-order valence-electron chi connectivity index (χ4n) is 2.85. The lowest BCUT2D eigenvalue weighted by molar-refractivity contribution is -0.149. The van der Waals surface area contributed by atoms with Gasteiger partial charge in [0.25, 0.3) is 11.1 Å². The quantitative estimate of drug-likeness (QED) is 0.338. The summed E-state index contributed by atoms with van der Waals surface area (Å²) in [6.45, 7) is 2.86. The van der Waals surface area contributed by atoms with Crippen molar-refractivity contribution in [2.45, 2.75) is 20.0 Å². The van der Waals surface area contributed by atoms with Crippen molar-refractivity contribution in [2.24, 2.45) is 0 Å². The Morgan fingerprint density at radius 1 is 1.12 bits per heavy atom. The highest BCUT2D eigenvalue weighted by Crippen LogP contribution is 2.34. The molecule has 1 heterocycles. The summed E-state index contributed by atoms with van der Waals surface area (Å²) in [4.78, 5) is 49.8. The highest BCUT2D eigenvalue weighted by atomic mass is 32.2. The lowest BCUT2D eigenvalue weighted by Crippen LogP contribution is -2.35. The first kappa shape index (κ1) is 24.0. The number of rotatable bonds is 7. The van der Waals surface area contributed by atoms with Crippen LogP contribution >= 0.6 is 11.8 Å². The summed E-state index contributed by atoms with van der Waals surface area (Å²) in [5.41, 5.74) is 0.526. The van der Waals surface area contributed by atoms with E-state index >= 15 is 0 Å². The van der Waals surface area contributed by atoms with Gasteiger partial charge >= 0.3 is 11.9 Å². The van der Waals surface area contributed by atoms with Gasteiger partial charge in [-0.2, -0.15) is 0 Å². The van der Waals surface area contributed by atoms with Gasteiger partial charge in [-0.1, -0.05) is 12.1 Å². The normalized spacial score (nSPS) is 14.7. The molecule has 8 nitrogen and oxygen atoms in total. The van der Waals surface area contributed by atoms with E-state index in [0.717, 1.165) is 11.0 Å². The van der Waals surface area contributed by atoms with Crippen LogP contribution in [0.15, 0.2) is 47.4 Å². The highest BCUT2D eigenvalue weighted by molar-refractivity contribution is 8.18. The molecule has 3 rings (SSSR count). The van der Waals surface area contributed by atoms with Gasteiger partial charge in [-0.05, 0) is 67.6 Å².